The standard InChI is InChI=1S/C25H25ClFN3O2/c26-22-9-4-10-23(27)21(22)17-29-11-13-30(14-12-29)25(32)16-28-24(31)15-19-7-3-6-18-5-1-2-8-20(18)19/h1-10H,11-17H2,(H,28,31). The summed E-state index contributed by atoms with van der Waals surface area (Å²) in [6.45, 7) is 2.70. The first kappa shape index (κ1) is 22.2. The van der Waals surface area contributed by atoms with Gasteiger partial charge < -0.3 is 10.2 Å². The third-order valence-corrected chi connectivity index (χ3v) is 6.19. The molecule has 0 spiro atoms. The molecule has 0 bridgehead atoms. The minimum Gasteiger partial charge on any atom is -0.347 e. The van der Waals surface area contributed by atoms with Gasteiger partial charge >= 0.3 is 0 Å². The topological polar surface area (TPSA) is 52.7 Å². The normalized spacial score (nSPS) is 14.5. The van der Waals surface area contributed by atoms with Gasteiger partial charge in [-0.05, 0) is 28.5 Å². The minimum absolute atomic E-state index is 0.0251. The zero-order valence-corrected chi connectivity index (χ0v) is 18.4. The van der Waals surface area contributed by atoms with Crippen LogP contribution >= 0.6 is 11.6 Å². The van der Waals surface area contributed by atoms with Crippen molar-refractivity contribution in [1.82, 2.24) is 15.1 Å². The van der Waals surface area contributed by atoms with Crippen molar-refractivity contribution in [2.24, 2.45) is 0 Å². The second kappa shape index (κ2) is 10.1. The number of benzene rings is 3. The van der Waals surface area contributed by atoms with Crippen LogP contribution in [0.2, 0.25) is 5.02 Å². The van der Waals surface area contributed by atoms with E-state index in [1.165, 1.54) is 6.07 Å². The molecule has 0 aliphatic carbocycles. The Morgan fingerprint density at radius 3 is 2.44 bits per heavy atom. The Kier molecular flexibility index (Phi) is 7.02. The van der Waals surface area contributed by atoms with E-state index in [9.17, 15) is 14.0 Å². The number of hydrogen-bond donors (Lipinski definition) is 1. The number of nitrogens with one attached hydrogen (secondary N) is 1. The molecule has 2 amide bonds. The molecule has 7 heteroatoms. The summed E-state index contributed by atoms with van der Waals surface area (Å²) in [6, 6.07) is 18.5. The maximum Gasteiger partial charge on any atom is 0.242 e. The molecule has 5 nitrogen and oxygen atoms in total. The number of amides is 2. The van der Waals surface area contributed by atoms with E-state index in [1.807, 2.05) is 42.5 Å². The lowest BCUT2D eigenvalue weighted by Gasteiger charge is -2.35. The van der Waals surface area contributed by atoms with E-state index in [2.05, 4.69) is 10.2 Å². The van der Waals surface area contributed by atoms with E-state index in [1.54, 1.807) is 17.0 Å². The first-order valence-corrected chi connectivity index (χ1v) is 11.1. The highest BCUT2D eigenvalue weighted by molar-refractivity contribution is 6.31. The summed E-state index contributed by atoms with van der Waals surface area (Å²) in [7, 11) is 0. The average Bonchev–Trinajstić information content (AvgIpc) is 2.81. The molecule has 166 valence electrons. The number of fused-ring (bicyclic) bond motifs is 1. The van der Waals surface area contributed by atoms with Crippen molar-refractivity contribution in [3.63, 3.8) is 0 Å². The Balaban J connectivity index is 1.25. The van der Waals surface area contributed by atoms with Crippen molar-refractivity contribution < 1.29 is 14.0 Å². The number of rotatable bonds is 6. The molecule has 1 N–H and O–H groups in total. The fourth-order valence-electron chi connectivity index (χ4n) is 4.03. The summed E-state index contributed by atoms with van der Waals surface area (Å²) in [4.78, 5) is 28.8. The van der Waals surface area contributed by atoms with Crippen LogP contribution < -0.4 is 5.32 Å². The number of carbonyl (C=O) groups is 2. The lowest BCUT2D eigenvalue weighted by molar-refractivity contribution is -0.134. The van der Waals surface area contributed by atoms with Gasteiger partial charge in [0.1, 0.15) is 5.82 Å². The second-order valence-electron chi connectivity index (χ2n) is 7.95. The Hall–Kier alpha value is -2.96. The van der Waals surface area contributed by atoms with Gasteiger partial charge in [-0.15, -0.1) is 0 Å². The van der Waals surface area contributed by atoms with Gasteiger partial charge in [0, 0.05) is 43.3 Å². The van der Waals surface area contributed by atoms with Crippen LogP contribution in [0, 0.1) is 5.82 Å². The average molecular weight is 454 g/mol. The third kappa shape index (κ3) is 5.26. The quantitative estimate of drug-likeness (QED) is 0.620. The molecule has 0 radical (unpaired) electrons. The van der Waals surface area contributed by atoms with E-state index in [0.29, 0.717) is 43.3 Å². The van der Waals surface area contributed by atoms with Crippen molar-refractivity contribution in [3.8, 4) is 0 Å². The van der Waals surface area contributed by atoms with Crippen LogP contribution in [0.5, 0.6) is 0 Å². The zero-order chi connectivity index (χ0) is 22.5. The SMILES string of the molecule is O=C(Cc1cccc2ccccc12)NCC(=O)N1CCN(Cc2c(F)cccc2Cl)CC1. The maximum absolute atomic E-state index is 14.0. The zero-order valence-electron chi connectivity index (χ0n) is 17.7. The smallest absolute Gasteiger partial charge is 0.242 e. The van der Waals surface area contributed by atoms with E-state index < -0.39 is 0 Å². The van der Waals surface area contributed by atoms with Gasteiger partial charge in [-0.2, -0.15) is 0 Å². The van der Waals surface area contributed by atoms with E-state index in [0.717, 1.165) is 16.3 Å². The van der Waals surface area contributed by atoms with E-state index in [-0.39, 0.29) is 30.6 Å². The van der Waals surface area contributed by atoms with Crippen LogP contribution in [0.4, 0.5) is 4.39 Å². The summed E-state index contributed by atoms with van der Waals surface area (Å²) in [5.74, 6) is -0.604. The summed E-state index contributed by atoms with van der Waals surface area (Å²) < 4.78 is 14.0. The molecule has 0 unspecified atom stereocenters. The van der Waals surface area contributed by atoms with Crippen LogP contribution in [-0.4, -0.2) is 54.3 Å². The van der Waals surface area contributed by atoms with Crippen LogP contribution in [0.15, 0.2) is 60.7 Å². The van der Waals surface area contributed by atoms with Crippen molar-refractivity contribution >= 4 is 34.2 Å². The Morgan fingerprint density at radius 2 is 1.66 bits per heavy atom. The van der Waals surface area contributed by atoms with Crippen LogP contribution in [0.1, 0.15) is 11.1 Å². The predicted molar refractivity (Wildman–Crippen MR) is 124 cm³/mol. The molecule has 1 fully saturated rings. The molecule has 32 heavy (non-hydrogen) atoms. The van der Waals surface area contributed by atoms with Crippen LogP contribution in [0.25, 0.3) is 10.8 Å². The van der Waals surface area contributed by atoms with Crippen molar-refractivity contribution in [2.75, 3.05) is 32.7 Å². The fraction of sp³-hybridized carbons (Fsp3) is 0.280. The summed E-state index contributed by atoms with van der Waals surface area (Å²) in [6.07, 6.45) is 0.228. The van der Waals surface area contributed by atoms with Gasteiger partial charge in [0.05, 0.1) is 13.0 Å². The van der Waals surface area contributed by atoms with Crippen molar-refractivity contribution in [3.05, 3.63) is 82.6 Å². The highest BCUT2D eigenvalue weighted by atomic mass is 35.5. The Bertz CT molecular complexity index is 1100. The van der Waals surface area contributed by atoms with Crippen molar-refractivity contribution in [1.29, 1.82) is 0 Å². The van der Waals surface area contributed by atoms with Crippen molar-refractivity contribution in [2.45, 2.75) is 13.0 Å². The van der Waals surface area contributed by atoms with Gasteiger partial charge in [0.15, 0.2) is 0 Å². The van der Waals surface area contributed by atoms with Gasteiger partial charge in [-0.3, -0.25) is 14.5 Å². The summed E-state index contributed by atoms with van der Waals surface area (Å²) >= 11 is 6.12. The van der Waals surface area contributed by atoms with Gasteiger partial charge in [-0.25, -0.2) is 4.39 Å². The van der Waals surface area contributed by atoms with Gasteiger partial charge in [0.2, 0.25) is 11.8 Å². The fourth-order valence-corrected chi connectivity index (χ4v) is 4.25. The first-order valence-electron chi connectivity index (χ1n) is 10.7. The third-order valence-electron chi connectivity index (χ3n) is 5.84. The maximum atomic E-state index is 14.0. The van der Waals surface area contributed by atoms with Crippen LogP contribution in [0.3, 0.4) is 0 Å². The monoisotopic (exact) mass is 453 g/mol. The van der Waals surface area contributed by atoms with E-state index in [4.69, 9.17) is 11.6 Å². The molecule has 0 saturated carbocycles. The molecular formula is C25H25ClFN3O2. The highest BCUT2D eigenvalue weighted by Crippen LogP contribution is 2.21. The van der Waals surface area contributed by atoms with Gasteiger partial charge in [-0.1, -0.05) is 60.1 Å². The summed E-state index contributed by atoms with van der Waals surface area (Å²) in [5, 5.41) is 5.29. The lowest BCUT2D eigenvalue weighted by atomic mass is 10.0. The molecule has 3 aromatic carbocycles. The first-order chi connectivity index (χ1) is 15.5. The highest BCUT2D eigenvalue weighted by Gasteiger charge is 2.22. The number of halogens is 2. The molecular weight excluding hydrogens is 429 g/mol. The molecule has 1 heterocycles. The Morgan fingerprint density at radius 1 is 0.938 bits per heavy atom. The Labute approximate surface area is 191 Å². The number of nitrogens with zero attached hydrogens (tertiary/aromatic N) is 2. The second-order valence-corrected chi connectivity index (χ2v) is 8.36. The molecule has 1 saturated heterocycles. The molecule has 0 aromatic heterocycles. The molecule has 1 aliphatic rings. The van der Waals surface area contributed by atoms with E-state index >= 15 is 0 Å². The largest absolute Gasteiger partial charge is 0.347 e. The van der Waals surface area contributed by atoms with Crippen LogP contribution in [-0.2, 0) is 22.6 Å². The molecule has 3 aromatic rings. The molecule has 0 atom stereocenters. The number of hydrogen-bond acceptors (Lipinski definition) is 3. The molecule has 1 aliphatic heterocycles. The number of piperazine rings is 1. The predicted octanol–water partition coefficient (Wildman–Crippen LogP) is 3.64. The molecule has 4 rings (SSSR count). The lowest BCUT2D eigenvalue weighted by Crippen LogP contribution is -2.51. The number of carbonyl (C=O) groups excluding carboxylic acids is 2. The van der Waals surface area contributed by atoms with Gasteiger partial charge in [0.25, 0.3) is 0 Å². The minimum atomic E-state index is -0.315. The summed E-state index contributed by atoms with van der Waals surface area (Å²) in [5.41, 5.74) is 1.42.